The molecule has 2 rings (SSSR count). The van der Waals surface area contributed by atoms with Gasteiger partial charge in [0.1, 0.15) is 0 Å². The Morgan fingerprint density at radius 3 is 2.76 bits per heavy atom. The summed E-state index contributed by atoms with van der Waals surface area (Å²) in [5, 5.41) is 8.81. The lowest BCUT2D eigenvalue weighted by Gasteiger charge is -2.23. The Morgan fingerprint density at radius 2 is 2.12 bits per heavy atom. The van der Waals surface area contributed by atoms with E-state index in [2.05, 4.69) is 0 Å². The summed E-state index contributed by atoms with van der Waals surface area (Å²) in [5.41, 5.74) is 1.28. The summed E-state index contributed by atoms with van der Waals surface area (Å²) in [6.07, 6.45) is -1.58. The first-order valence-electron chi connectivity index (χ1n) is 5.26. The molecule has 5 heteroatoms. The number of hydrogen-bond donors (Lipinski definition) is 1. The lowest BCUT2D eigenvalue weighted by Crippen LogP contribution is -2.30. The molecule has 0 fully saturated rings. The molecule has 0 radical (unpaired) electrons. The summed E-state index contributed by atoms with van der Waals surface area (Å²) >= 11 is 0. The first-order valence-corrected chi connectivity index (χ1v) is 5.26. The van der Waals surface area contributed by atoms with Crippen molar-refractivity contribution < 1.29 is 19.4 Å². The highest BCUT2D eigenvalue weighted by Crippen LogP contribution is 2.33. The lowest BCUT2D eigenvalue weighted by atomic mass is 10.1. The fourth-order valence-corrected chi connectivity index (χ4v) is 1.83. The van der Waals surface area contributed by atoms with Gasteiger partial charge in [-0.2, -0.15) is 0 Å². The summed E-state index contributed by atoms with van der Waals surface area (Å²) in [5.74, 6) is -1.20. The molecule has 0 saturated carbocycles. The number of rotatable bonds is 3. The van der Waals surface area contributed by atoms with Crippen molar-refractivity contribution in [1.82, 2.24) is 4.90 Å². The van der Waals surface area contributed by atoms with Gasteiger partial charge in [-0.1, -0.05) is 18.2 Å². The average molecular weight is 235 g/mol. The molecule has 0 saturated heterocycles. The van der Waals surface area contributed by atoms with E-state index < -0.39 is 18.3 Å². The Labute approximate surface area is 98.6 Å². The molecule has 90 valence electrons. The molecule has 2 atom stereocenters. The number of ether oxygens (including phenoxy) is 1. The van der Waals surface area contributed by atoms with Crippen molar-refractivity contribution in [2.45, 2.75) is 19.3 Å². The second-order valence-electron chi connectivity index (χ2n) is 3.97. The number of benzene rings is 1. The highest BCUT2D eigenvalue weighted by atomic mass is 16.5. The molecule has 1 amide bonds. The van der Waals surface area contributed by atoms with Gasteiger partial charge in [-0.15, -0.1) is 0 Å². The van der Waals surface area contributed by atoms with Gasteiger partial charge in [0, 0.05) is 18.2 Å². The van der Waals surface area contributed by atoms with Gasteiger partial charge >= 0.3 is 5.97 Å². The maximum Gasteiger partial charge on any atom is 0.332 e. The smallest absolute Gasteiger partial charge is 0.332 e. The van der Waals surface area contributed by atoms with Crippen molar-refractivity contribution in [3.8, 4) is 0 Å². The van der Waals surface area contributed by atoms with Crippen molar-refractivity contribution in [2.75, 3.05) is 7.05 Å². The Kier molecular flexibility index (Phi) is 2.85. The van der Waals surface area contributed by atoms with E-state index in [0.717, 1.165) is 0 Å². The second-order valence-corrected chi connectivity index (χ2v) is 3.97. The topological polar surface area (TPSA) is 66.8 Å². The van der Waals surface area contributed by atoms with Crippen LogP contribution in [0.25, 0.3) is 0 Å². The number of nitrogens with zero attached hydrogens (tertiary/aromatic N) is 1. The number of hydrogen-bond acceptors (Lipinski definition) is 3. The van der Waals surface area contributed by atoms with E-state index in [0.29, 0.717) is 11.1 Å². The van der Waals surface area contributed by atoms with Crippen LogP contribution in [-0.2, 0) is 9.53 Å². The van der Waals surface area contributed by atoms with Crippen LogP contribution in [0.5, 0.6) is 0 Å². The molecule has 1 aliphatic rings. The second kappa shape index (κ2) is 4.18. The van der Waals surface area contributed by atoms with Crippen molar-refractivity contribution in [3.63, 3.8) is 0 Å². The number of carbonyl (C=O) groups excluding carboxylic acids is 1. The van der Waals surface area contributed by atoms with E-state index in [9.17, 15) is 9.59 Å². The van der Waals surface area contributed by atoms with Crippen molar-refractivity contribution in [3.05, 3.63) is 35.4 Å². The minimum atomic E-state index is -1.05. The molecule has 0 aromatic heterocycles. The summed E-state index contributed by atoms with van der Waals surface area (Å²) in [4.78, 5) is 24.0. The molecular weight excluding hydrogens is 222 g/mol. The zero-order chi connectivity index (χ0) is 12.6. The molecule has 5 nitrogen and oxygen atoms in total. The number of aliphatic carboxylic acids is 1. The molecule has 17 heavy (non-hydrogen) atoms. The standard InChI is InChI=1S/C12H13NO4/c1-7(12(15)16)17-11-9-6-4-3-5-8(9)10(14)13(11)2/h3-7,11H,1-2H3,(H,15,16). The lowest BCUT2D eigenvalue weighted by molar-refractivity contribution is -0.158. The fraction of sp³-hybridized carbons (Fsp3) is 0.333. The molecule has 0 bridgehead atoms. The number of fused-ring (bicyclic) bond motifs is 1. The highest BCUT2D eigenvalue weighted by Gasteiger charge is 2.36. The first kappa shape index (κ1) is 11.6. The van der Waals surface area contributed by atoms with Gasteiger partial charge in [0.15, 0.2) is 12.3 Å². The van der Waals surface area contributed by atoms with Crippen LogP contribution in [0.2, 0.25) is 0 Å². The first-order chi connectivity index (χ1) is 8.02. The van der Waals surface area contributed by atoms with Gasteiger partial charge in [0.05, 0.1) is 0 Å². The number of carboxylic acid groups (broad SMARTS) is 1. The monoisotopic (exact) mass is 235 g/mol. The maximum atomic E-state index is 11.9. The zero-order valence-electron chi connectivity index (χ0n) is 9.58. The average Bonchev–Trinajstić information content (AvgIpc) is 2.55. The third kappa shape index (κ3) is 1.89. The third-order valence-corrected chi connectivity index (χ3v) is 2.81. The molecule has 1 heterocycles. The molecule has 1 N–H and O–H groups in total. The molecule has 0 spiro atoms. The highest BCUT2D eigenvalue weighted by molar-refractivity contribution is 5.98. The largest absolute Gasteiger partial charge is 0.479 e. The predicted octanol–water partition coefficient (Wildman–Crippen LogP) is 1.26. The molecule has 1 aliphatic heterocycles. The Balaban J connectivity index is 2.30. The summed E-state index contributed by atoms with van der Waals surface area (Å²) in [7, 11) is 1.60. The van der Waals surface area contributed by atoms with E-state index in [4.69, 9.17) is 9.84 Å². The molecule has 1 aromatic rings. The maximum absolute atomic E-state index is 11.9. The third-order valence-electron chi connectivity index (χ3n) is 2.81. The van der Waals surface area contributed by atoms with Crippen molar-refractivity contribution >= 4 is 11.9 Å². The van der Waals surface area contributed by atoms with Gasteiger partial charge < -0.3 is 14.7 Å². The molecular formula is C12H13NO4. The van der Waals surface area contributed by atoms with E-state index in [1.165, 1.54) is 11.8 Å². The Morgan fingerprint density at radius 1 is 1.47 bits per heavy atom. The van der Waals surface area contributed by atoms with Crippen molar-refractivity contribution in [2.24, 2.45) is 0 Å². The number of carboxylic acids is 1. The fourth-order valence-electron chi connectivity index (χ4n) is 1.83. The van der Waals surface area contributed by atoms with Gasteiger partial charge in [0.25, 0.3) is 5.91 Å². The van der Waals surface area contributed by atoms with Crippen LogP contribution in [0, 0.1) is 0 Å². The summed E-state index contributed by atoms with van der Waals surface area (Å²) in [6.45, 7) is 1.45. The van der Waals surface area contributed by atoms with Gasteiger partial charge in [-0.25, -0.2) is 4.79 Å². The minimum Gasteiger partial charge on any atom is -0.479 e. The Hall–Kier alpha value is -1.88. The zero-order valence-corrected chi connectivity index (χ0v) is 9.58. The molecule has 2 unspecified atom stereocenters. The van der Waals surface area contributed by atoms with E-state index >= 15 is 0 Å². The van der Waals surface area contributed by atoms with Crippen LogP contribution < -0.4 is 0 Å². The van der Waals surface area contributed by atoms with Gasteiger partial charge in [0.2, 0.25) is 0 Å². The number of carbonyl (C=O) groups is 2. The van der Waals surface area contributed by atoms with Gasteiger partial charge in [-0.3, -0.25) is 4.79 Å². The van der Waals surface area contributed by atoms with Crippen molar-refractivity contribution in [1.29, 1.82) is 0 Å². The predicted molar refractivity (Wildman–Crippen MR) is 59.5 cm³/mol. The van der Waals surface area contributed by atoms with E-state index in [-0.39, 0.29) is 5.91 Å². The minimum absolute atomic E-state index is 0.150. The molecule has 0 aliphatic carbocycles. The van der Waals surface area contributed by atoms with Crippen LogP contribution in [-0.4, -0.2) is 35.0 Å². The van der Waals surface area contributed by atoms with E-state index in [1.54, 1.807) is 31.3 Å². The van der Waals surface area contributed by atoms with Gasteiger partial charge in [-0.05, 0) is 13.0 Å². The quantitative estimate of drug-likeness (QED) is 0.856. The summed E-state index contributed by atoms with van der Waals surface area (Å²) in [6, 6.07) is 7.06. The van der Waals surface area contributed by atoms with E-state index in [1.807, 2.05) is 0 Å². The van der Waals surface area contributed by atoms with Crippen LogP contribution in [0.1, 0.15) is 29.1 Å². The van der Waals surface area contributed by atoms with Crippen LogP contribution in [0.15, 0.2) is 24.3 Å². The van der Waals surface area contributed by atoms with Crippen LogP contribution in [0.4, 0.5) is 0 Å². The van der Waals surface area contributed by atoms with Crippen LogP contribution >= 0.6 is 0 Å². The van der Waals surface area contributed by atoms with Crippen LogP contribution in [0.3, 0.4) is 0 Å². The Bertz CT molecular complexity index is 471. The SMILES string of the molecule is CC(OC1c2ccccc2C(=O)N1C)C(=O)O. The number of amides is 1. The normalized spacial score (nSPS) is 20.2. The summed E-state index contributed by atoms with van der Waals surface area (Å²) < 4.78 is 5.39. The molecule has 1 aromatic carbocycles.